The third-order valence-corrected chi connectivity index (χ3v) is 6.15. The van der Waals surface area contributed by atoms with Crippen molar-refractivity contribution in [3.63, 3.8) is 0 Å². The van der Waals surface area contributed by atoms with E-state index in [0.29, 0.717) is 59.3 Å². The third kappa shape index (κ3) is 3.52. The van der Waals surface area contributed by atoms with Gasteiger partial charge in [-0.15, -0.1) is 0 Å². The number of carbonyl (C=O) groups excluding carboxylic acids is 1. The number of fused-ring (bicyclic) bond motifs is 2. The smallest absolute Gasteiger partial charge is 0.255 e. The van der Waals surface area contributed by atoms with Crippen LogP contribution in [0.3, 0.4) is 0 Å². The normalized spacial score (nSPS) is 16.4. The van der Waals surface area contributed by atoms with Gasteiger partial charge in [0.15, 0.2) is 29.2 Å². The van der Waals surface area contributed by atoms with E-state index in [-0.39, 0.29) is 17.8 Å². The van der Waals surface area contributed by atoms with Crippen molar-refractivity contribution in [1.82, 2.24) is 25.5 Å². The highest BCUT2D eigenvalue weighted by Crippen LogP contribution is 2.46. The van der Waals surface area contributed by atoms with Crippen LogP contribution in [0.1, 0.15) is 27.8 Å². The van der Waals surface area contributed by atoms with Gasteiger partial charge in [0, 0.05) is 36.6 Å². The van der Waals surface area contributed by atoms with Crippen LogP contribution in [0.5, 0.6) is 11.5 Å². The van der Waals surface area contributed by atoms with E-state index in [2.05, 4.69) is 36.1 Å². The van der Waals surface area contributed by atoms with E-state index in [9.17, 15) is 9.18 Å². The molecule has 2 aliphatic rings. The molecule has 3 aromatic heterocycles. The summed E-state index contributed by atoms with van der Waals surface area (Å²) in [6.45, 7) is 1.03. The summed E-state index contributed by atoms with van der Waals surface area (Å²) >= 11 is 0. The van der Waals surface area contributed by atoms with Crippen LogP contribution in [0.4, 0.5) is 21.6 Å². The number of H-pyrrole nitrogens is 2. The van der Waals surface area contributed by atoms with E-state index in [1.807, 2.05) is 12.1 Å². The van der Waals surface area contributed by atoms with Crippen molar-refractivity contribution in [2.45, 2.75) is 12.5 Å². The topological polar surface area (TPSA) is 129 Å². The van der Waals surface area contributed by atoms with Gasteiger partial charge in [0.05, 0.1) is 42.0 Å². The molecule has 0 radical (unpaired) electrons. The van der Waals surface area contributed by atoms with E-state index < -0.39 is 5.82 Å². The molecule has 0 spiro atoms. The van der Waals surface area contributed by atoms with Crippen LogP contribution < -0.4 is 25.4 Å². The summed E-state index contributed by atoms with van der Waals surface area (Å²) in [6, 6.07) is 8.27. The fourth-order valence-corrected chi connectivity index (χ4v) is 4.54. The lowest BCUT2D eigenvalue weighted by Crippen LogP contribution is -2.31. The van der Waals surface area contributed by atoms with Crippen molar-refractivity contribution in [2.75, 3.05) is 30.8 Å². The Balaban J connectivity index is 1.50. The molecule has 0 saturated carbocycles. The number of halogens is 1. The van der Waals surface area contributed by atoms with Gasteiger partial charge in [-0.25, -0.2) is 9.37 Å². The minimum Gasteiger partial charge on any atom is -0.492 e. The SMILES string of the molecule is COc1c(F)cccc1Nc1c(-c2ccnc3c2OC(c2ccn[nH]2)CN3)[nH]c2c1C(=O)NCC2. The molecule has 10 nitrogen and oxygen atoms in total. The third-order valence-electron chi connectivity index (χ3n) is 6.15. The lowest BCUT2D eigenvalue weighted by molar-refractivity contribution is 0.0947. The van der Waals surface area contributed by atoms with Gasteiger partial charge in [-0.3, -0.25) is 9.89 Å². The van der Waals surface area contributed by atoms with Crippen molar-refractivity contribution >= 4 is 23.1 Å². The van der Waals surface area contributed by atoms with Gasteiger partial charge in [0.2, 0.25) is 0 Å². The Hall–Kier alpha value is -4.54. The number of carbonyl (C=O) groups is 1. The summed E-state index contributed by atoms with van der Waals surface area (Å²) in [4.78, 5) is 20.7. The molecule has 11 heteroatoms. The largest absolute Gasteiger partial charge is 0.492 e. The van der Waals surface area contributed by atoms with Gasteiger partial charge >= 0.3 is 0 Å². The number of nitrogens with zero attached hydrogens (tertiary/aromatic N) is 2. The molecule has 0 saturated heterocycles. The van der Waals surface area contributed by atoms with Crippen molar-refractivity contribution in [2.24, 2.45) is 0 Å². The van der Waals surface area contributed by atoms with E-state index in [4.69, 9.17) is 9.47 Å². The summed E-state index contributed by atoms with van der Waals surface area (Å²) in [5, 5.41) is 16.4. The van der Waals surface area contributed by atoms with E-state index in [0.717, 1.165) is 11.4 Å². The van der Waals surface area contributed by atoms with Crippen LogP contribution in [0.25, 0.3) is 11.3 Å². The first-order valence-corrected chi connectivity index (χ1v) is 11.2. The number of methoxy groups -OCH3 is 1. The lowest BCUT2D eigenvalue weighted by atomic mass is 10.0. The van der Waals surface area contributed by atoms with Gasteiger partial charge in [-0.2, -0.15) is 5.10 Å². The second-order valence-corrected chi connectivity index (χ2v) is 8.22. The number of hydrogen-bond acceptors (Lipinski definition) is 7. The predicted octanol–water partition coefficient (Wildman–Crippen LogP) is 3.52. The zero-order valence-corrected chi connectivity index (χ0v) is 18.7. The molecule has 5 N–H and O–H groups in total. The lowest BCUT2D eigenvalue weighted by Gasteiger charge is -2.27. The molecular weight excluding hydrogens is 453 g/mol. The Kier molecular flexibility index (Phi) is 5.02. The number of hydrogen-bond donors (Lipinski definition) is 5. The molecule has 0 bridgehead atoms. The number of pyridine rings is 1. The highest BCUT2D eigenvalue weighted by Gasteiger charge is 2.32. The van der Waals surface area contributed by atoms with Crippen LogP contribution in [-0.4, -0.2) is 46.3 Å². The van der Waals surface area contributed by atoms with Crippen LogP contribution >= 0.6 is 0 Å². The number of amides is 1. The highest BCUT2D eigenvalue weighted by molar-refractivity contribution is 6.07. The summed E-state index contributed by atoms with van der Waals surface area (Å²) in [7, 11) is 1.40. The Morgan fingerprint density at radius 3 is 2.94 bits per heavy atom. The summed E-state index contributed by atoms with van der Waals surface area (Å²) in [5.74, 6) is 0.447. The molecule has 1 amide bonds. The second kappa shape index (κ2) is 8.35. The molecule has 178 valence electrons. The van der Waals surface area contributed by atoms with Gasteiger partial charge < -0.3 is 30.4 Å². The van der Waals surface area contributed by atoms with E-state index in [1.165, 1.54) is 13.2 Å². The zero-order valence-electron chi connectivity index (χ0n) is 18.7. The summed E-state index contributed by atoms with van der Waals surface area (Å²) in [5.41, 5.74) is 4.30. The van der Waals surface area contributed by atoms with Crippen molar-refractivity contribution in [3.8, 4) is 22.8 Å². The molecule has 5 heterocycles. The first kappa shape index (κ1) is 21.0. The van der Waals surface area contributed by atoms with Crippen molar-refractivity contribution in [1.29, 1.82) is 0 Å². The van der Waals surface area contributed by atoms with Crippen LogP contribution in [0.2, 0.25) is 0 Å². The maximum atomic E-state index is 14.4. The summed E-state index contributed by atoms with van der Waals surface area (Å²) < 4.78 is 26.1. The number of benzene rings is 1. The van der Waals surface area contributed by atoms with Crippen LogP contribution in [0, 0.1) is 5.82 Å². The van der Waals surface area contributed by atoms with Crippen LogP contribution in [-0.2, 0) is 6.42 Å². The van der Waals surface area contributed by atoms with Crippen molar-refractivity contribution < 1.29 is 18.7 Å². The quantitative estimate of drug-likeness (QED) is 0.299. The van der Waals surface area contributed by atoms with Gasteiger partial charge in [0.1, 0.15) is 0 Å². The minimum atomic E-state index is -0.510. The van der Waals surface area contributed by atoms with E-state index in [1.54, 1.807) is 24.5 Å². The van der Waals surface area contributed by atoms with Crippen molar-refractivity contribution in [3.05, 3.63) is 65.5 Å². The number of rotatable bonds is 5. The highest BCUT2D eigenvalue weighted by atomic mass is 19.1. The molecule has 4 aromatic rings. The Bertz CT molecular complexity index is 1420. The second-order valence-electron chi connectivity index (χ2n) is 8.22. The molecule has 1 aromatic carbocycles. The monoisotopic (exact) mass is 475 g/mol. The number of anilines is 3. The number of aromatic amines is 2. The molecular formula is C24H22FN7O3. The first-order chi connectivity index (χ1) is 17.1. The van der Waals surface area contributed by atoms with Gasteiger partial charge in [-0.1, -0.05) is 6.07 Å². The fraction of sp³-hybridized carbons (Fsp3) is 0.208. The molecule has 1 atom stereocenters. The number of aromatic nitrogens is 4. The average Bonchev–Trinajstić information content (AvgIpc) is 3.53. The number of nitrogens with one attached hydrogen (secondary N) is 5. The fourth-order valence-electron chi connectivity index (χ4n) is 4.54. The maximum Gasteiger partial charge on any atom is 0.255 e. The molecule has 0 aliphatic carbocycles. The molecule has 6 rings (SSSR count). The minimum absolute atomic E-state index is 0.0543. The maximum absolute atomic E-state index is 14.4. The van der Waals surface area contributed by atoms with Gasteiger partial charge in [-0.05, 0) is 24.3 Å². The Labute approximate surface area is 199 Å². The number of para-hydroxylation sites is 1. The Morgan fingerprint density at radius 2 is 2.11 bits per heavy atom. The molecule has 35 heavy (non-hydrogen) atoms. The van der Waals surface area contributed by atoms with Crippen LogP contribution in [0.15, 0.2) is 42.7 Å². The van der Waals surface area contributed by atoms with E-state index >= 15 is 0 Å². The molecule has 2 aliphatic heterocycles. The average molecular weight is 475 g/mol. The zero-order chi connectivity index (χ0) is 23.9. The molecule has 1 unspecified atom stereocenters. The van der Waals surface area contributed by atoms with Gasteiger partial charge in [0.25, 0.3) is 5.91 Å². The number of ether oxygens (including phenoxy) is 2. The standard InChI is InChI=1S/C24H22FN7O3/c1-34-22-13(25)3-2-4-16(22)31-20-18-15(6-9-27-24(18)33)30-19(20)12-5-8-26-23-21(12)35-17(11-28-23)14-7-10-29-32-14/h2-5,7-8,10,17,30-31H,6,9,11H2,1H3,(H,26,28)(H,27,33)(H,29,32). The predicted molar refractivity (Wildman–Crippen MR) is 127 cm³/mol. The Morgan fingerprint density at radius 1 is 1.20 bits per heavy atom. The first-order valence-electron chi connectivity index (χ1n) is 11.2. The molecule has 0 fully saturated rings. The summed E-state index contributed by atoms with van der Waals surface area (Å²) in [6.07, 6.45) is 3.66.